The Balaban J connectivity index is 1.27. The summed E-state index contributed by atoms with van der Waals surface area (Å²) >= 11 is 0. The summed E-state index contributed by atoms with van der Waals surface area (Å²) in [6.45, 7) is 8.46. The summed E-state index contributed by atoms with van der Waals surface area (Å²) < 4.78 is 8.96. The summed E-state index contributed by atoms with van der Waals surface area (Å²) in [6, 6.07) is 0. The number of guanidine groups is 1. The van der Waals surface area contributed by atoms with Crippen molar-refractivity contribution >= 4 is 11.9 Å². The summed E-state index contributed by atoms with van der Waals surface area (Å²) in [6.07, 6.45) is 5.40. The number of carbonyl (C=O) groups excluding carboxylic acids is 1. The van der Waals surface area contributed by atoms with Gasteiger partial charge in [0.05, 0.1) is 0 Å². The maximum atomic E-state index is 12.5. The number of fused-ring (bicyclic) bond motifs is 1. The minimum absolute atomic E-state index is 0.0117. The van der Waals surface area contributed by atoms with Gasteiger partial charge in [-0.25, -0.2) is 9.48 Å². The highest BCUT2D eigenvalue weighted by atomic mass is 16.5. The van der Waals surface area contributed by atoms with Gasteiger partial charge in [0.25, 0.3) is 5.91 Å². The summed E-state index contributed by atoms with van der Waals surface area (Å²) in [5.41, 5.74) is 0.0117. The van der Waals surface area contributed by atoms with Crippen molar-refractivity contribution in [3.63, 3.8) is 0 Å². The lowest BCUT2D eigenvalue weighted by Crippen LogP contribution is -2.55. The van der Waals surface area contributed by atoms with Crippen LogP contribution in [0.15, 0.2) is 9.79 Å². The number of hydrogen-bond acceptors (Lipinski definition) is 5. The van der Waals surface area contributed by atoms with E-state index in [9.17, 15) is 9.59 Å². The molecule has 0 radical (unpaired) electrons. The molecule has 0 saturated carbocycles. The second kappa shape index (κ2) is 10.3. The smallest absolute Gasteiger partial charge is 0.345 e. The summed E-state index contributed by atoms with van der Waals surface area (Å²) in [5, 5.41) is 7.86. The van der Waals surface area contributed by atoms with Crippen LogP contribution < -0.4 is 11.0 Å². The molecule has 4 heterocycles. The number of ether oxygens (including phenoxy) is 1. The Bertz CT molecular complexity index is 833. The average molecular weight is 434 g/mol. The molecule has 0 aromatic carbocycles. The van der Waals surface area contributed by atoms with Gasteiger partial charge < -0.3 is 19.9 Å². The van der Waals surface area contributed by atoms with Gasteiger partial charge in [-0.15, -0.1) is 0 Å². The van der Waals surface area contributed by atoms with Crippen LogP contribution in [0.1, 0.15) is 44.9 Å². The molecule has 0 spiro atoms. The lowest BCUT2D eigenvalue weighted by Gasteiger charge is -2.37. The van der Waals surface area contributed by atoms with E-state index in [1.54, 1.807) is 4.68 Å². The number of nitrogens with one attached hydrogen (secondary N) is 1. The molecule has 3 aliphatic rings. The molecule has 10 heteroatoms. The molecule has 4 rings (SSSR count). The first-order chi connectivity index (χ1) is 15.2. The van der Waals surface area contributed by atoms with Crippen LogP contribution in [0, 0.1) is 0 Å². The van der Waals surface area contributed by atoms with Gasteiger partial charge in [0, 0.05) is 65.4 Å². The minimum Gasteiger partial charge on any atom is -0.368 e. The number of rotatable bonds is 6. The van der Waals surface area contributed by atoms with Crippen molar-refractivity contribution in [1.82, 2.24) is 29.5 Å². The van der Waals surface area contributed by atoms with E-state index < -0.39 is 0 Å². The molecule has 1 aromatic heterocycles. The molecule has 2 saturated heterocycles. The molecule has 31 heavy (non-hydrogen) atoms. The van der Waals surface area contributed by atoms with Crippen LogP contribution >= 0.6 is 0 Å². The first kappa shape index (κ1) is 21.9. The lowest BCUT2D eigenvalue weighted by atomic mass is 10.2. The van der Waals surface area contributed by atoms with Crippen molar-refractivity contribution in [2.45, 2.75) is 64.6 Å². The van der Waals surface area contributed by atoms with Crippen LogP contribution in [0.4, 0.5) is 0 Å². The average Bonchev–Trinajstić information content (AvgIpc) is 3.45. The van der Waals surface area contributed by atoms with Crippen molar-refractivity contribution < 1.29 is 9.53 Å². The molecule has 1 unspecified atom stereocenters. The second-order valence-corrected chi connectivity index (χ2v) is 8.43. The largest absolute Gasteiger partial charge is 0.368 e. The number of aliphatic imine (C=N–C) groups is 1. The molecular formula is C21H35N7O3. The number of nitrogens with zero attached hydrogens (tertiary/aromatic N) is 6. The minimum atomic E-state index is -0.245. The molecule has 1 amide bonds. The monoisotopic (exact) mass is 433 g/mol. The first-order valence-corrected chi connectivity index (χ1v) is 11.8. The van der Waals surface area contributed by atoms with Crippen LogP contribution in [0.25, 0.3) is 0 Å². The predicted molar refractivity (Wildman–Crippen MR) is 117 cm³/mol. The highest BCUT2D eigenvalue weighted by Crippen LogP contribution is 2.16. The maximum absolute atomic E-state index is 12.5. The maximum Gasteiger partial charge on any atom is 0.345 e. The Hall–Kier alpha value is -2.36. The molecule has 3 aliphatic heterocycles. The number of hydrogen-bond donors (Lipinski definition) is 1. The summed E-state index contributed by atoms with van der Waals surface area (Å²) in [4.78, 5) is 33.9. The van der Waals surface area contributed by atoms with E-state index in [1.807, 2.05) is 9.47 Å². The Morgan fingerprint density at radius 3 is 2.68 bits per heavy atom. The van der Waals surface area contributed by atoms with Crippen molar-refractivity contribution in [3.05, 3.63) is 16.3 Å². The zero-order valence-corrected chi connectivity index (χ0v) is 18.6. The van der Waals surface area contributed by atoms with Crippen LogP contribution in [-0.2, 0) is 29.0 Å². The second-order valence-electron chi connectivity index (χ2n) is 8.43. The van der Waals surface area contributed by atoms with Crippen LogP contribution in [-0.4, -0.2) is 88.0 Å². The van der Waals surface area contributed by atoms with Crippen LogP contribution in [0.3, 0.4) is 0 Å². The Kier molecular flexibility index (Phi) is 7.26. The topological polar surface area (TPSA) is 97.0 Å². The SMILES string of the molecule is CCNC(=NCCCn1nc2n(c1=O)CCCC2)N1CCN(C(=O)C2CCCO2)CC1. The Morgan fingerprint density at radius 1 is 1.16 bits per heavy atom. The molecule has 1 aromatic rings. The van der Waals surface area contributed by atoms with E-state index in [0.29, 0.717) is 32.8 Å². The molecule has 1 N–H and O–H groups in total. The van der Waals surface area contributed by atoms with Crippen molar-refractivity contribution in [1.29, 1.82) is 0 Å². The van der Waals surface area contributed by atoms with E-state index in [0.717, 1.165) is 76.5 Å². The van der Waals surface area contributed by atoms with Crippen molar-refractivity contribution in [3.8, 4) is 0 Å². The van der Waals surface area contributed by atoms with Gasteiger partial charge in [-0.2, -0.15) is 5.10 Å². The van der Waals surface area contributed by atoms with E-state index in [2.05, 4.69) is 22.2 Å². The highest BCUT2D eigenvalue weighted by molar-refractivity contribution is 5.82. The zero-order valence-electron chi connectivity index (χ0n) is 18.6. The molecule has 2 fully saturated rings. The highest BCUT2D eigenvalue weighted by Gasteiger charge is 2.30. The van der Waals surface area contributed by atoms with Crippen LogP contribution in [0.2, 0.25) is 0 Å². The predicted octanol–water partition coefficient (Wildman–Crippen LogP) is 0.0599. The lowest BCUT2D eigenvalue weighted by molar-refractivity contribution is -0.142. The van der Waals surface area contributed by atoms with E-state index in [-0.39, 0.29) is 17.7 Å². The third-order valence-electron chi connectivity index (χ3n) is 6.25. The van der Waals surface area contributed by atoms with E-state index in [1.165, 1.54) is 0 Å². The fourth-order valence-electron chi connectivity index (χ4n) is 4.54. The van der Waals surface area contributed by atoms with Gasteiger partial charge in [0.2, 0.25) is 0 Å². The third kappa shape index (κ3) is 5.11. The standard InChI is InChI=1S/C21H35N7O3/c1-2-22-20(26-14-12-25(13-15-26)19(29)17-7-5-16-31-17)23-9-6-11-28-21(30)27-10-4-3-8-18(27)24-28/h17H,2-16H2,1H3,(H,22,23). The number of piperazine rings is 1. The molecule has 1 atom stereocenters. The number of aromatic nitrogens is 3. The van der Waals surface area contributed by atoms with Gasteiger partial charge in [-0.3, -0.25) is 14.4 Å². The normalized spacial score (nSPS) is 22.0. The summed E-state index contributed by atoms with van der Waals surface area (Å²) in [5.74, 6) is 1.93. The summed E-state index contributed by atoms with van der Waals surface area (Å²) in [7, 11) is 0. The fraction of sp³-hybridized carbons (Fsp3) is 0.810. The number of aryl methyl sites for hydroxylation is 2. The molecule has 172 valence electrons. The van der Waals surface area contributed by atoms with Gasteiger partial charge in [0.1, 0.15) is 11.9 Å². The van der Waals surface area contributed by atoms with Gasteiger partial charge in [-0.1, -0.05) is 0 Å². The molecule has 0 bridgehead atoms. The first-order valence-electron chi connectivity index (χ1n) is 11.8. The number of amides is 1. The molecule has 0 aliphatic carbocycles. The van der Waals surface area contributed by atoms with Gasteiger partial charge in [-0.05, 0) is 39.0 Å². The fourth-order valence-corrected chi connectivity index (χ4v) is 4.54. The van der Waals surface area contributed by atoms with Crippen molar-refractivity contribution in [2.24, 2.45) is 4.99 Å². The van der Waals surface area contributed by atoms with Gasteiger partial charge in [0.15, 0.2) is 5.96 Å². The van der Waals surface area contributed by atoms with Gasteiger partial charge >= 0.3 is 5.69 Å². The Morgan fingerprint density at radius 2 is 1.97 bits per heavy atom. The van der Waals surface area contributed by atoms with E-state index >= 15 is 0 Å². The van der Waals surface area contributed by atoms with E-state index in [4.69, 9.17) is 9.73 Å². The van der Waals surface area contributed by atoms with Crippen LogP contribution in [0.5, 0.6) is 0 Å². The quantitative estimate of drug-likeness (QED) is 0.387. The molecular weight excluding hydrogens is 398 g/mol. The number of carbonyl (C=O) groups is 1. The molecule has 10 nitrogen and oxygen atoms in total. The van der Waals surface area contributed by atoms with Crippen molar-refractivity contribution in [2.75, 3.05) is 45.9 Å². The zero-order chi connectivity index (χ0) is 21.6. The third-order valence-corrected chi connectivity index (χ3v) is 6.25. The Labute approximate surface area is 183 Å².